The summed E-state index contributed by atoms with van der Waals surface area (Å²) in [5, 5.41) is 13.1. The number of carbonyl (C=O) groups excluding carboxylic acids is 2. The lowest BCUT2D eigenvalue weighted by molar-refractivity contribution is -0.115. The molecule has 0 radical (unpaired) electrons. The van der Waals surface area contributed by atoms with Crippen LogP contribution in [0.25, 0.3) is 11.0 Å². The molecule has 1 aliphatic rings. The fraction of sp³-hybridized carbons (Fsp3) is 0.333. The lowest BCUT2D eigenvalue weighted by Crippen LogP contribution is -2.39. The molecule has 4 rings (SSSR count). The van der Waals surface area contributed by atoms with Crippen LogP contribution in [-0.4, -0.2) is 41.5 Å². The van der Waals surface area contributed by atoms with Crippen molar-refractivity contribution in [1.82, 2.24) is 4.90 Å². The summed E-state index contributed by atoms with van der Waals surface area (Å²) in [6.45, 7) is 3.47. The number of aryl methyl sites for hydroxylation is 1. The van der Waals surface area contributed by atoms with Gasteiger partial charge in [0.15, 0.2) is 0 Å². The molecule has 30 heavy (non-hydrogen) atoms. The fourth-order valence-electron chi connectivity index (χ4n) is 3.94. The molecule has 1 aromatic heterocycles. The lowest BCUT2D eigenvalue weighted by atomic mass is 9.97. The van der Waals surface area contributed by atoms with E-state index in [2.05, 4.69) is 5.32 Å². The van der Waals surface area contributed by atoms with E-state index in [9.17, 15) is 14.7 Å². The Bertz CT molecular complexity index is 1060. The van der Waals surface area contributed by atoms with Gasteiger partial charge in [-0.1, -0.05) is 18.2 Å². The molecule has 1 saturated heterocycles. The molecule has 3 aromatic rings. The van der Waals surface area contributed by atoms with Crippen LogP contribution in [0, 0.1) is 12.8 Å². The Labute approximate surface area is 175 Å². The van der Waals surface area contributed by atoms with Crippen LogP contribution in [0.4, 0.5) is 5.69 Å². The first-order valence-corrected chi connectivity index (χ1v) is 10.3. The summed E-state index contributed by atoms with van der Waals surface area (Å²) in [6, 6.07) is 13.0. The van der Waals surface area contributed by atoms with Crippen LogP contribution in [0.1, 0.15) is 34.3 Å². The third kappa shape index (κ3) is 4.39. The third-order valence-corrected chi connectivity index (χ3v) is 5.72. The van der Waals surface area contributed by atoms with Gasteiger partial charge in [0, 0.05) is 41.9 Å². The number of likely N-dealkylation sites (tertiary alicyclic amines) is 1. The largest absolute Gasteiger partial charge is 0.464 e. The Kier molecular flexibility index (Phi) is 5.86. The molecule has 1 fully saturated rings. The SMILES string of the molecule is Cc1ccc2c(CC(=O)Nc3cccc(C(=O)N4CCC(CO)CC4)c3)coc2c1. The number of amides is 2. The predicted molar refractivity (Wildman–Crippen MR) is 115 cm³/mol. The standard InChI is InChI=1S/C24H26N2O4/c1-16-5-6-21-19(15-30-22(21)11-16)13-23(28)25-20-4-2-3-18(12-20)24(29)26-9-7-17(14-27)8-10-26/h2-6,11-12,15,17,27H,7-10,13-14H2,1H3,(H,25,28). The van der Waals surface area contributed by atoms with Gasteiger partial charge in [0.05, 0.1) is 12.7 Å². The van der Waals surface area contributed by atoms with Crippen molar-refractivity contribution in [3.8, 4) is 0 Å². The number of nitrogens with one attached hydrogen (secondary N) is 1. The van der Waals surface area contributed by atoms with E-state index in [4.69, 9.17) is 4.42 Å². The molecule has 0 unspecified atom stereocenters. The number of anilines is 1. The van der Waals surface area contributed by atoms with E-state index >= 15 is 0 Å². The van der Waals surface area contributed by atoms with E-state index in [0.29, 0.717) is 24.3 Å². The molecule has 0 saturated carbocycles. The van der Waals surface area contributed by atoms with Crippen LogP contribution in [-0.2, 0) is 11.2 Å². The minimum Gasteiger partial charge on any atom is -0.464 e. The maximum atomic E-state index is 12.8. The monoisotopic (exact) mass is 406 g/mol. The number of nitrogens with zero attached hydrogens (tertiary/aromatic N) is 1. The van der Waals surface area contributed by atoms with Gasteiger partial charge >= 0.3 is 0 Å². The second-order valence-corrected chi connectivity index (χ2v) is 7.98. The molecule has 0 bridgehead atoms. The molecular formula is C24H26N2O4. The van der Waals surface area contributed by atoms with E-state index in [1.165, 1.54) is 0 Å². The Balaban J connectivity index is 1.41. The molecule has 6 nitrogen and oxygen atoms in total. The van der Waals surface area contributed by atoms with Crippen molar-refractivity contribution in [3.05, 3.63) is 65.4 Å². The van der Waals surface area contributed by atoms with Crippen LogP contribution in [0.15, 0.2) is 53.1 Å². The molecule has 0 atom stereocenters. The van der Waals surface area contributed by atoms with Gasteiger partial charge in [-0.25, -0.2) is 0 Å². The van der Waals surface area contributed by atoms with E-state index < -0.39 is 0 Å². The molecule has 156 valence electrons. The maximum absolute atomic E-state index is 12.8. The van der Waals surface area contributed by atoms with Gasteiger partial charge < -0.3 is 19.7 Å². The van der Waals surface area contributed by atoms with Crippen molar-refractivity contribution in [2.45, 2.75) is 26.2 Å². The first-order chi connectivity index (χ1) is 14.5. The first kappa shape index (κ1) is 20.2. The molecule has 1 aliphatic heterocycles. The summed E-state index contributed by atoms with van der Waals surface area (Å²) < 4.78 is 5.57. The summed E-state index contributed by atoms with van der Waals surface area (Å²) in [5.74, 6) is 0.0768. The summed E-state index contributed by atoms with van der Waals surface area (Å²) in [4.78, 5) is 27.2. The minimum absolute atomic E-state index is 0.0429. The lowest BCUT2D eigenvalue weighted by Gasteiger charge is -2.31. The number of piperidine rings is 1. The quantitative estimate of drug-likeness (QED) is 0.676. The van der Waals surface area contributed by atoms with Crippen molar-refractivity contribution in [2.24, 2.45) is 5.92 Å². The zero-order chi connectivity index (χ0) is 21.1. The van der Waals surface area contributed by atoms with E-state index in [1.54, 1.807) is 30.5 Å². The predicted octanol–water partition coefficient (Wildman–Crippen LogP) is 3.77. The van der Waals surface area contributed by atoms with E-state index in [0.717, 1.165) is 34.9 Å². The molecule has 0 aliphatic carbocycles. The topological polar surface area (TPSA) is 82.8 Å². The zero-order valence-electron chi connectivity index (χ0n) is 17.1. The number of rotatable bonds is 5. The highest BCUT2D eigenvalue weighted by atomic mass is 16.3. The van der Waals surface area contributed by atoms with Gasteiger partial charge in [0.2, 0.25) is 5.91 Å². The van der Waals surface area contributed by atoms with Crippen molar-refractivity contribution in [2.75, 3.05) is 25.0 Å². The van der Waals surface area contributed by atoms with Gasteiger partial charge in [-0.05, 0) is 55.5 Å². The molecule has 0 spiro atoms. The molecular weight excluding hydrogens is 380 g/mol. The molecule has 2 aromatic carbocycles. The average molecular weight is 406 g/mol. The van der Waals surface area contributed by atoms with Crippen molar-refractivity contribution >= 4 is 28.5 Å². The second kappa shape index (κ2) is 8.71. The Hall–Kier alpha value is -3.12. The van der Waals surface area contributed by atoms with Crippen LogP contribution >= 0.6 is 0 Å². The van der Waals surface area contributed by atoms with Gasteiger partial charge in [-0.15, -0.1) is 0 Å². The number of hydrogen-bond acceptors (Lipinski definition) is 4. The summed E-state index contributed by atoms with van der Waals surface area (Å²) in [7, 11) is 0. The molecule has 2 heterocycles. The second-order valence-electron chi connectivity index (χ2n) is 7.98. The zero-order valence-corrected chi connectivity index (χ0v) is 17.1. The number of hydrogen-bond donors (Lipinski definition) is 2. The first-order valence-electron chi connectivity index (χ1n) is 10.3. The van der Waals surface area contributed by atoms with Gasteiger partial charge in [-0.3, -0.25) is 9.59 Å². The normalized spacial score (nSPS) is 14.8. The van der Waals surface area contributed by atoms with Gasteiger partial charge in [0.25, 0.3) is 5.91 Å². The van der Waals surface area contributed by atoms with Crippen LogP contribution in [0.2, 0.25) is 0 Å². The Morgan fingerprint density at radius 3 is 2.73 bits per heavy atom. The summed E-state index contributed by atoms with van der Waals surface area (Å²) in [5.41, 5.74) is 3.87. The van der Waals surface area contributed by atoms with Crippen molar-refractivity contribution in [1.29, 1.82) is 0 Å². The maximum Gasteiger partial charge on any atom is 0.253 e. The van der Waals surface area contributed by atoms with Crippen molar-refractivity contribution in [3.63, 3.8) is 0 Å². The minimum atomic E-state index is -0.161. The summed E-state index contributed by atoms with van der Waals surface area (Å²) >= 11 is 0. The number of aliphatic hydroxyl groups is 1. The third-order valence-electron chi connectivity index (χ3n) is 5.72. The molecule has 2 N–H and O–H groups in total. The molecule has 2 amide bonds. The number of furan rings is 1. The average Bonchev–Trinajstić information content (AvgIpc) is 3.15. The molecule has 6 heteroatoms. The highest BCUT2D eigenvalue weighted by Gasteiger charge is 2.23. The number of fused-ring (bicyclic) bond motifs is 1. The highest BCUT2D eigenvalue weighted by Crippen LogP contribution is 2.24. The van der Waals surface area contributed by atoms with E-state index in [1.807, 2.05) is 30.0 Å². The number of benzene rings is 2. The van der Waals surface area contributed by atoms with Crippen molar-refractivity contribution < 1.29 is 19.1 Å². The van der Waals surface area contributed by atoms with Crippen LogP contribution in [0.3, 0.4) is 0 Å². The number of aliphatic hydroxyl groups excluding tert-OH is 1. The van der Waals surface area contributed by atoms with E-state index in [-0.39, 0.29) is 30.8 Å². The van der Waals surface area contributed by atoms with Gasteiger partial charge in [0.1, 0.15) is 5.58 Å². The smallest absolute Gasteiger partial charge is 0.253 e. The fourth-order valence-corrected chi connectivity index (χ4v) is 3.94. The van der Waals surface area contributed by atoms with Gasteiger partial charge in [-0.2, -0.15) is 0 Å². The summed E-state index contributed by atoms with van der Waals surface area (Å²) in [6.07, 6.45) is 3.45. The highest BCUT2D eigenvalue weighted by molar-refractivity contribution is 5.98. The van der Waals surface area contributed by atoms with Crippen LogP contribution in [0.5, 0.6) is 0 Å². The Morgan fingerprint density at radius 1 is 1.17 bits per heavy atom. The number of carbonyl (C=O) groups is 2. The Morgan fingerprint density at radius 2 is 1.97 bits per heavy atom. The van der Waals surface area contributed by atoms with Crippen LogP contribution < -0.4 is 5.32 Å².